The first-order chi connectivity index (χ1) is 15.4. The third kappa shape index (κ3) is 4.72. The first kappa shape index (κ1) is 22.5. The number of aryl methyl sites for hydroxylation is 1. The Balaban J connectivity index is 1.55. The number of anilines is 1. The van der Waals surface area contributed by atoms with Crippen LogP contribution in [0.15, 0.2) is 59.1 Å². The molecule has 0 aliphatic rings. The summed E-state index contributed by atoms with van der Waals surface area (Å²) in [6, 6.07) is 16.6. The van der Waals surface area contributed by atoms with E-state index in [0.717, 1.165) is 26.1 Å². The molecule has 0 saturated heterocycles. The molecule has 2 heterocycles. The van der Waals surface area contributed by atoms with Gasteiger partial charge in [-0.3, -0.25) is 9.59 Å². The number of nitrogens with zero attached hydrogens (tertiary/aromatic N) is 3. The monoisotopic (exact) mass is 530 g/mol. The molecule has 0 spiro atoms. The smallest absolute Gasteiger partial charge is 0.264 e. The zero-order valence-electron chi connectivity index (χ0n) is 17.4. The van der Waals surface area contributed by atoms with Crippen molar-refractivity contribution in [3.8, 4) is 5.69 Å². The first-order valence-corrected chi connectivity index (χ1v) is 11.9. The second-order valence-corrected chi connectivity index (χ2v) is 9.56. The molecule has 0 bridgehead atoms. The van der Waals surface area contributed by atoms with Crippen molar-refractivity contribution in [3.63, 3.8) is 0 Å². The maximum absolute atomic E-state index is 13.2. The van der Waals surface area contributed by atoms with E-state index in [1.165, 1.54) is 16.2 Å². The Bertz CT molecular complexity index is 1280. The van der Waals surface area contributed by atoms with Crippen LogP contribution < -0.4 is 5.32 Å². The number of rotatable bonds is 6. The van der Waals surface area contributed by atoms with Crippen molar-refractivity contribution in [1.29, 1.82) is 0 Å². The Morgan fingerprint density at radius 2 is 1.84 bits per heavy atom. The third-order valence-corrected chi connectivity index (χ3v) is 6.84. The van der Waals surface area contributed by atoms with Crippen LogP contribution in [0.3, 0.4) is 0 Å². The summed E-state index contributed by atoms with van der Waals surface area (Å²) in [5.74, 6) is -0.422. The van der Waals surface area contributed by atoms with Gasteiger partial charge in [0.2, 0.25) is 5.91 Å². The number of thiophene rings is 1. The van der Waals surface area contributed by atoms with Crippen LogP contribution in [0.2, 0.25) is 5.02 Å². The van der Waals surface area contributed by atoms with Gasteiger partial charge >= 0.3 is 0 Å². The van der Waals surface area contributed by atoms with Crippen LogP contribution in [0.5, 0.6) is 0 Å². The molecule has 0 radical (unpaired) electrons. The summed E-state index contributed by atoms with van der Waals surface area (Å²) in [6.07, 6.45) is 0. The summed E-state index contributed by atoms with van der Waals surface area (Å²) >= 11 is 10.7. The number of carbonyl (C=O) groups is 2. The van der Waals surface area contributed by atoms with Crippen LogP contribution in [0.4, 0.5) is 5.69 Å². The van der Waals surface area contributed by atoms with Crippen molar-refractivity contribution in [3.05, 3.63) is 74.7 Å². The number of benzene rings is 2. The van der Waals surface area contributed by atoms with E-state index in [0.29, 0.717) is 22.1 Å². The van der Waals surface area contributed by atoms with Gasteiger partial charge in [-0.25, -0.2) is 4.68 Å². The van der Waals surface area contributed by atoms with Crippen LogP contribution in [0.25, 0.3) is 15.9 Å². The maximum Gasteiger partial charge on any atom is 0.264 e. The van der Waals surface area contributed by atoms with E-state index in [1.807, 2.05) is 61.0 Å². The van der Waals surface area contributed by atoms with Gasteiger partial charge < -0.3 is 10.2 Å². The molecule has 0 fully saturated rings. The van der Waals surface area contributed by atoms with Gasteiger partial charge in [0.15, 0.2) is 0 Å². The second-order valence-electron chi connectivity index (χ2n) is 7.18. The predicted molar refractivity (Wildman–Crippen MR) is 133 cm³/mol. The highest BCUT2D eigenvalue weighted by atomic mass is 79.9. The molecular weight excluding hydrogens is 512 g/mol. The summed E-state index contributed by atoms with van der Waals surface area (Å²) in [7, 11) is 0. The standard InChI is InChI=1S/C23H20BrClN4O2S/c1-3-28(13-21(30)26-17-8-4-15(24)5-9-17)22(31)20-12-19-14(2)27-29(23(19)32-20)18-10-6-16(25)7-11-18/h4-12H,3,13H2,1-2H3,(H,26,30). The van der Waals surface area contributed by atoms with Crippen molar-refractivity contribution in [2.24, 2.45) is 0 Å². The molecule has 9 heteroatoms. The summed E-state index contributed by atoms with van der Waals surface area (Å²) in [5, 5.41) is 9.01. The number of likely N-dealkylation sites (N-methyl/N-ethyl adjacent to an activating group) is 1. The summed E-state index contributed by atoms with van der Waals surface area (Å²) in [4.78, 5) is 28.7. The molecule has 1 N–H and O–H groups in total. The fourth-order valence-electron chi connectivity index (χ4n) is 3.30. The molecule has 164 valence electrons. The molecule has 0 aliphatic carbocycles. The summed E-state index contributed by atoms with van der Waals surface area (Å²) in [5.41, 5.74) is 2.39. The Hall–Kier alpha value is -2.68. The van der Waals surface area contributed by atoms with Crippen LogP contribution in [-0.4, -0.2) is 39.6 Å². The Labute approximate surface area is 202 Å². The van der Waals surface area contributed by atoms with Gasteiger partial charge in [0.05, 0.1) is 16.3 Å². The van der Waals surface area contributed by atoms with Gasteiger partial charge in [-0.05, 0) is 68.4 Å². The summed E-state index contributed by atoms with van der Waals surface area (Å²) in [6.45, 7) is 4.17. The van der Waals surface area contributed by atoms with E-state index in [2.05, 4.69) is 26.3 Å². The average Bonchev–Trinajstić information content (AvgIpc) is 3.34. The molecule has 0 unspecified atom stereocenters. The van der Waals surface area contributed by atoms with Gasteiger partial charge in [-0.15, -0.1) is 11.3 Å². The number of hydrogen-bond acceptors (Lipinski definition) is 4. The van der Waals surface area contributed by atoms with Gasteiger partial charge in [-0.2, -0.15) is 5.10 Å². The Morgan fingerprint density at radius 3 is 2.50 bits per heavy atom. The highest BCUT2D eigenvalue weighted by molar-refractivity contribution is 9.10. The number of nitrogens with one attached hydrogen (secondary N) is 1. The lowest BCUT2D eigenvalue weighted by Crippen LogP contribution is -2.37. The van der Waals surface area contributed by atoms with E-state index < -0.39 is 0 Å². The van der Waals surface area contributed by atoms with Gasteiger partial charge in [0, 0.05) is 27.1 Å². The molecule has 0 saturated carbocycles. The predicted octanol–water partition coefficient (Wildman–Crippen LogP) is 5.91. The molecule has 2 aromatic heterocycles. The van der Waals surface area contributed by atoms with E-state index >= 15 is 0 Å². The van der Waals surface area contributed by atoms with Crippen LogP contribution in [0, 0.1) is 6.92 Å². The highest BCUT2D eigenvalue weighted by Crippen LogP contribution is 2.31. The lowest BCUT2D eigenvalue weighted by Gasteiger charge is -2.19. The van der Waals surface area contributed by atoms with E-state index in [9.17, 15) is 9.59 Å². The van der Waals surface area contributed by atoms with Crippen molar-refractivity contribution < 1.29 is 9.59 Å². The molecule has 4 aromatic rings. The molecular formula is C23H20BrClN4O2S. The molecule has 6 nitrogen and oxygen atoms in total. The van der Waals surface area contributed by atoms with Gasteiger partial charge in [-0.1, -0.05) is 27.5 Å². The minimum absolute atomic E-state index is 0.0259. The molecule has 32 heavy (non-hydrogen) atoms. The number of amides is 2. The van der Waals surface area contributed by atoms with Crippen molar-refractivity contribution in [1.82, 2.24) is 14.7 Å². The van der Waals surface area contributed by atoms with Crippen LogP contribution >= 0.6 is 38.9 Å². The number of aromatic nitrogens is 2. The first-order valence-electron chi connectivity index (χ1n) is 9.95. The molecule has 4 rings (SSSR count). The quantitative estimate of drug-likeness (QED) is 0.336. The Morgan fingerprint density at radius 1 is 1.16 bits per heavy atom. The lowest BCUT2D eigenvalue weighted by atomic mass is 10.3. The van der Waals surface area contributed by atoms with Crippen LogP contribution in [0.1, 0.15) is 22.3 Å². The number of carbonyl (C=O) groups excluding carboxylic acids is 2. The van der Waals surface area contributed by atoms with Gasteiger partial charge in [0.25, 0.3) is 5.91 Å². The van der Waals surface area contributed by atoms with Crippen molar-refractivity contribution in [2.75, 3.05) is 18.4 Å². The zero-order valence-corrected chi connectivity index (χ0v) is 20.6. The van der Waals surface area contributed by atoms with Crippen LogP contribution in [-0.2, 0) is 4.79 Å². The van der Waals surface area contributed by atoms with E-state index in [-0.39, 0.29) is 18.4 Å². The fourth-order valence-corrected chi connectivity index (χ4v) is 4.84. The normalized spacial score (nSPS) is 11.0. The minimum Gasteiger partial charge on any atom is -0.329 e. The number of halogens is 2. The number of hydrogen-bond donors (Lipinski definition) is 1. The molecule has 2 aromatic carbocycles. The number of fused-ring (bicyclic) bond motifs is 1. The summed E-state index contributed by atoms with van der Waals surface area (Å²) < 4.78 is 2.75. The SMILES string of the molecule is CCN(CC(=O)Nc1ccc(Br)cc1)C(=O)c1cc2c(C)nn(-c3ccc(Cl)cc3)c2s1. The van der Waals surface area contributed by atoms with Crippen molar-refractivity contribution >= 4 is 66.6 Å². The Kier molecular flexibility index (Phi) is 6.64. The van der Waals surface area contributed by atoms with Crippen molar-refractivity contribution in [2.45, 2.75) is 13.8 Å². The highest BCUT2D eigenvalue weighted by Gasteiger charge is 2.22. The van der Waals surface area contributed by atoms with E-state index in [1.54, 1.807) is 12.1 Å². The lowest BCUT2D eigenvalue weighted by molar-refractivity contribution is -0.116. The maximum atomic E-state index is 13.2. The minimum atomic E-state index is -0.243. The molecule has 2 amide bonds. The second kappa shape index (κ2) is 9.44. The fraction of sp³-hybridized carbons (Fsp3) is 0.174. The van der Waals surface area contributed by atoms with Gasteiger partial charge in [0.1, 0.15) is 11.4 Å². The molecule has 0 atom stereocenters. The zero-order chi connectivity index (χ0) is 22.8. The molecule has 0 aliphatic heterocycles. The topological polar surface area (TPSA) is 67.2 Å². The van der Waals surface area contributed by atoms with E-state index in [4.69, 9.17) is 11.6 Å². The average molecular weight is 532 g/mol. The largest absolute Gasteiger partial charge is 0.329 e. The third-order valence-electron chi connectivity index (χ3n) is 4.96.